The van der Waals surface area contributed by atoms with Gasteiger partial charge in [-0.15, -0.1) is 0 Å². The molecule has 0 bridgehead atoms. The molecule has 1 aliphatic heterocycles. The zero-order valence-electron chi connectivity index (χ0n) is 10.8. The van der Waals surface area contributed by atoms with Crippen LogP contribution in [0, 0.1) is 5.82 Å². The Bertz CT molecular complexity index is 664. The fourth-order valence-corrected chi connectivity index (χ4v) is 2.22. The van der Waals surface area contributed by atoms with Crippen molar-refractivity contribution in [2.24, 2.45) is 0 Å². The Balaban J connectivity index is 1.90. The summed E-state index contributed by atoms with van der Waals surface area (Å²) in [6, 6.07) is 10.0. The van der Waals surface area contributed by atoms with Gasteiger partial charge in [-0.1, -0.05) is 18.2 Å². The average molecular weight is 268 g/mol. The number of aromatic nitrogens is 1. The number of pyridine rings is 1. The maximum Gasteiger partial charge on any atom is 0.250 e. The van der Waals surface area contributed by atoms with Crippen molar-refractivity contribution >= 4 is 11.6 Å². The Morgan fingerprint density at radius 3 is 2.70 bits per heavy atom. The highest BCUT2D eigenvalue weighted by Crippen LogP contribution is 2.23. The molecule has 1 amide bonds. The van der Waals surface area contributed by atoms with Crippen molar-refractivity contribution in [3.8, 4) is 11.3 Å². The fraction of sp³-hybridized carbons (Fsp3) is 0.125. The monoisotopic (exact) mass is 268 g/mol. The molecule has 2 heterocycles. The highest BCUT2D eigenvalue weighted by atomic mass is 19.1. The van der Waals surface area contributed by atoms with Crippen LogP contribution in [0.5, 0.6) is 0 Å². The van der Waals surface area contributed by atoms with Gasteiger partial charge in [0.15, 0.2) is 0 Å². The van der Waals surface area contributed by atoms with E-state index in [1.54, 1.807) is 47.5 Å². The molecule has 0 atom stereocenters. The molecule has 20 heavy (non-hydrogen) atoms. The molecule has 1 aromatic heterocycles. The van der Waals surface area contributed by atoms with Crippen LogP contribution in [-0.4, -0.2) is 17.4 Å². The number of rotatable bonds is 2. The van der Waals surface area contributed by atoms with Gasteiger partial charge < -0.3 is 4.90 Å². The van der Waals surface area contributed by atoms with E-state index in [-0.39, 0.29) is 11.7 Å². The number of carbonyl (C=O) groups is 1. The van der Waals surface area contributed by atoms with Gasteiger partial charge in [-0.2, -0.15) is 0 Å². The van der Waals surface area contributed by atoms with E-state index in [4.69, 9.17) is 0 Å². The lowest BCUT2D eigenvalue weighted by Gasteiger charge is -2.23. The Hall–Kier alpha value is -2.49. The summed E-state index contributed by atoms with van der Waals surface area (Å²) in [5, 5.41) is 0. The molecule has 4 heteroatoms. The van der Waals surface area contributed by atoms with Crippen LogP contribution < -0.4 is 4.90 Å². The number of hydrogen-bond acceptors (Lipinski definition) is 2. The van der Waals surface area contributed by atoms with Crippen LogP contribution in [0.2, 0.25) is 0 Å². The minimum absolute atomic E-state index is 0.0447. The van der Waals surface area contributed by atoms with Crippen molar-refractivity contribution in [1.29, 1.82) is 0 Å². The van der Waals surface area contributed by atoms with Crippen LogP contribution in [0.15, 0.2) is 54.7 Å². The summed E-state index contributed by atoms with van der Waals surface area (Å²) >= 11 is 0. The molecule has 100 valence electrons. The van der Waals surface area contributed by atoms with E-state index in [1.807, 2.05) is 6.08 Å². The number of anilines is 1. The summed E-state index contributed by atoms with van der Waals surface area (Å²) in [5.74, 6) is -0.346. The first-order valence-electron chi connectivity index (χ1n) is 6.45. The third-order valence-electron chi connectivity index (χ3n) is 3.26. The first kappa shape index (κ1) is 12.5. The zero-order valence-corrected chi connectivity index (χ0v) is 10.8. The van der Waals surface area contributed by atoms with Crippen LogP contribution in [0.3, 0.4) is 0 Å². The van der Waals surface area contributed by atoms with Crippen LogP contribution in [0.25, 0.3) is 11.3 Å². The van der Waals surface area contributed by atoms with Crippen molar-refractivity contribution < 1.29 is 9.18 Å². The summed E-state index contributed by atoms with van der Waals surface area (Å²) < 4.78 is 13.7. The average Bonchev–Trinajstić information content (AvgIpc) is 2.49. The quantitative estimate of drug-likeness (QED) is 0.838. The number of halogens is 1. The van der Waals surface area contributed by atoms with Gasteiger partial charge >= 0.3 is 0 Å². The van der Waals surface area contributed by atoms with E-state index in [1.165, 1.54) is 6.07 Å². The standard InChI is InChI=1S/C16H13FN2O/c17-14-6-2-1-5-13(14)15-9-8-12(11-18-15)19-10-4-3-7-16(19)20/h1-3,5-9,11H,4,10H2. The Morgan fingerprint density at radius 2 is 2.00 bits per heavy atom. The van der Waals surface area contributed by atoms with E-state index in [0.29, 0.717) is 17.8 Å². The van der Waals surface area contributed by atoms with Crippen molar-refractivity contribution in [3.05, 3.63) is 60.6 Å². The zero-order chi connectivity index (χ0) is 13.9. The molecule has 1 aliphatic rings. The highest BCUT2D eigenvalue weighted by Gasteiger charge is 2.16. The third-order valence-corrected chi connectivity index (χ3v) is 3.26. The van der Waals surface area contributed by atoms with E-state index in [0.717, 1.165) is 12.1 Å². The number of carbonyl (C=O) groups excluding carboxylic acids is 1. The maximum absolute atomic E-state index is 13.7. The minimum atomic E-state index is -0.301. The third kappa shape index (κ3) is 2.32. The Labute approximate surface area is 116 Å². The maximum atomic E-state index is 13.7. The lowest BCUT2D eigenvalue weighted by atomic mass is 10.1. The molecule has 0 spiro atoms. The van der Waals surface area contributed by atoms with Gasteiger partial charge in [0, 0.05) is 12.1 Å². The lowest BCUT2D eigenvalue weighted by Crippen LogP contribution is -2.32. The number of nitrogens with zero attached hydrogens (tertiary/aromatic N) is 2. The fourth-order valence-electron chi connectivity index (χ4n) is 2.22. The molecule has 0 aliphatic carbocycles. The molecule has 1 aromatic carbocycles. The number of benzene rings is 1. The summed E-state index contributed by atoms with van der Waals surface area (Å²) in [5.41, 5.74) is 1.76. The van der Waals surface area contributed by atoms with Crippen LogP contribution >= 0.6 is 0 Å². The molecular formula is C16H13FN2O. The van der Waals surface area contributed by atoms with Gasteiger partial charge in [-0.3, -0.25) is 9.78 Å². The van der Waals surface area contributed by atoms with Gasteiger partial charge in [-0.25, -0.2) is 4.39 Å². The second kappa shape index (κ2) is 5.25. The van der Waals surface area contributed by atoms with Gasteiger partial charge in [0.1, 0.15) is 5.82 Å². The summed E-state index contributed by atoms with van der Waals surface area (Å²) in [4.78, 5) is 17.7. The molecule has 0 unspecified atom stereocenters. The van der Waals surface area contributed by atoms with Gasteiger partial charge in [0.25, 0.3) is 5.91 Å². The largest absolute Gasteiger partial charge is 0.307 e. The van der Waals surface area contributed by atoms with Crippen LogP contribution in [0.4, 0.5) is 10.1 Å². The molecule has 2 aromatic rings. The lowest BCUT2D eigenvalue weighted by molar-refractivity contribution is -0.114. The van der Waals surface area contributed by atoms with Gasteiger partial charge in [0.05, 0.1) is 17.6 Å². The normalized spacial score (nSPS) is 14.7. The number of amides is 1. The van der Waals surface area contributed by atoms with E-state index >= 15 is 0 Å². The van der Waals surface area contributed by atoms with Gasteiger partial charge in [0.2, 0.25) is 0 Å². The van der Waals surface area contributed by atoms with Crippen molar-refractivity contribution in [3.63, 3.8) is 0 Å². The highest BCUT2D eigenvalue weighted by molar-refractivity contribution is 6.02. The second-order valence-electron chi connectivity index (χ2n) is 4.56. The molecule has 0 fully saturated rings. The molecule has 0 saturated heterocycles. The van der Waals surface area contributed by atoms with Crippen molar-refractivity contribution in [2.45, 2.75) is 6.42 Å². The van der Waals surface area contributed by atoms with E-state index in [9.17, 15) is 9.18 Å². The predicted octanol–water partition coefficient (Wildman–Crippen LogP) is 3.18. The van der Waals surface area contributed by atoms with Crippen LogP contribution in [0.1, 0.15) is 6.42 Å². The summed E-state index contributed by atoms with van der Waals surface area (Å²) in [6.07, 6.45) is 5.87. The van der Waals surface area contributed by atoms with Crippen LogP contribution in [-0.2, 0) is 4.79 Å². The molecule has 0 radical (unpaired) electrons. The first-order chi connectivity index (χ1) is 9.75. The summed E-state index contributed by atoms with van der Waals surface area (Å²) in [6.45, 7) is 0.649. The molecular weight excluding hydrogens is 255 g/mol. The molecule has 3 rings (SSSR count). The second-order valence-corrected chi connectivity index (χ2v) is 4.56. The van der Waals surface area contributed by atoms with E-state index < -0.39 is 0 Å². The first-order valence-corrected chi connectivity index (χ1v) is 6.45. The summed E-state index contributed by atoms with van der Waals surface area (Å²) in [7, 11) is 0. The topological polar surface area (TPSA) is 33.2 Å². The Kier molecular flexibility index (Phi) is 3.29. The van der Waals surface area contributed by atoms with Crippen molar-refractivity contribution in [2.75, 3.05) is 11.4 Å². The van der Waals surface area contributed by atoms with Gasteiger partial charge in [-0.05, 0) is 36.8 Å². The SMILES string of the molecule is O=C1C=CCCN1c1ccc(-c2ccccc2F)nc1. The molecule has 0 saturated carbocycles. The van der Waals surface area contributed by atoms with Crippen molar-refractivity contribution in [1.82, 2.24) is 4.98 Å². The molecule has 3 nitrogen and oxygen atoms in total. The predicted molar refractivity (Wildman–Crippen MR) is 75.7 cm³/mol. The van der Waals surface area contributed by atoms with E-state index in [2.05, 4.69) is 4.98 Å². The Morgan fingerprint density at radius 1 is 1.15 bits per heavy atom. The smallest absolute Gasteiger partial charge is 0.250 e. The minimum Gasteiger partial charge on any atom is -0.307 e. The number of hydrogen-bond donors (Lipinski definition) is 0. The molecule has 0 N–H and O–H groups in total.